The maximum Gasteiger partial charge on any atom is 0.203 e. The van der Waals surface area contributed by atoms with Crippen LogP contribution >= 0.6 is 15.9 Å². The van der Waals surface area contributed by atoms with Crippen molar-refractivity contribution in [2.75, 3.05) is 28.4 Å². The number of rotatable bonds is 5. The second-order valence-corrected chi connectivity index (χ2v) is 4.03. The van der Waals surface area contributed by atoms with E-state index in [1.807, 2.05) is 19.2 Å². The molecule has 0 saturated carbocycles. The van der Waals surface area contributed by atoms with E-state index in [4.69, 9.17) is 14.2 Å². The number of hydrogen-bond donors (Lipinski definition) is 1. The lowest BCUT2D eigenvalue weighted by Gasteiger charge is -2.16. The monoisotopic (exact) mass is 289 g/mol. The zero-order valence-corrected chi connectivity index (χ0v) is 11.4. The van der Waals surface area contributed by atoms with Crippen molar-refractivity contribution in [1.82, 2.24) is 5.32 Å². The molecule has 0 aliphatic rings. The summed E-state index contributed by atoms with van der Waals surface area (Å²) in [6, 6.07) is 3.80. The fourth-order valence-corrected chi connectivity index (χ4v) is 1.68. The Morgan fingerprint density at radius 3 is 1.88 bits per heavy atom. The molecular formula is C11H16BrNO3. The van der Waals surface area contributed by atoms with Crippen LogP contribution in [0.25, 0.3) is 0 Å². The summed E-state index contributed by atoms with van der Waals surface area (Å²) in [6.45, 7) is 0. The highest BCUT2D eigenvalue weighted by atomic mass is 79.9. The number of methoxy groups -OCH3 is 3. The van der Waals surface area contributed by atoms with Gasteiger partial charge in [-0.15, -0.1) is 0 Å². The third-order valence-corrected chi connectivity index (χ3v) is 3.22. The second-order valence-electron chi connectivity index (χ2n) is 3.11. The zero-order chi connectivity index (χ0) is 12.1. The van der Waals surface area contributed by atoms with Crippen molar-refractivity contribution in [3.63, 3.8) is 0 Å². The number of nitrogens with one attached hydrogen (secondary N) is 1. The molecule has 0 fully saturated rings. The highest BCUT2D eigenvalue weighted by molar-refractivity contribution is 9.09. The molecule has 1 rings (SSSR count). The highest BCUT2D eigenvalue weighted by Gasteiger charge is 2.15. The fraction of sp³-hybridized carbons (Fsp3) is 0.455. The van der Waals surface area contributed by atoms with Gasteiger partial charge in [0, 0.05) is 0 Å². The van der Waals surface area contributed by atoms with Crippen LogP contribution < -0.4 is 19.5 Å². The van der Waals surface area contributed by atoms with Crippen LogP contribution in [0, 0.1) is 0 Å². The van der Waals surface area contributed by atoms with E-state index in [1.165, 1.54) is 0 Å². The SMILES string of the molecule is CNC(Br)c1cc(OC)c(OC)c(OC)c1. The first-order valence-electron chi connectivity index (χ1n) is 4.79. The van der Waals surface area contributed by atoms with Gasteiger partial charge in [0.05, 0.1) is 26.3 Å². The minimum Gasteiger partial charge on any atom is -0.493 e. The number of ether oxygens (including phenoxy) is 3. The van der Waals surface area contributed by atoms with E-state index in [0.29, 0.717) is 17.2 Å². The normalized spacial score (nSPS) is 12.1. The Labute approximate surface area is 104 Å². The third kappa shape index (κ3) is 2.59. The van der Waals surface area contributed by atoms with Gasteiger partial charge >= 0.3 is 0 Å². The average molecular weight is 290 g/mol. The third-order valence-electron chi connectivity index (χ3n) is 2.23. The Balaban J connectivity index is 3.25. The van der Waals surface area contributed by atoms with Crippen molar-refractivity contribution >= 4 is 15.9 Å². The number of benzene rings is 1. The van der Waals surface area contributed by atoms with Gasteiger partial charge in [-0.1, -0.05) is 15.9 Å². The lowest BCUT2D eigenvalue weighted by molar-refractivity contribution is 0.323. The van der Waals surface area contributed by atoms with Crippen molar-refractivity contribution in [1.29, 1.82) is 0 Å². The number of halogens is 1. The van der Waals surface area contributed by atoms with E-state index in [9.17, 15) is 0 Å². The molecule has 0 spiro atoms. The van der Waals surface area contributed by atoms with Gasteiger partial charge in [0.25, 0.3) is 0 Å². The van der Waals surface area contributed by atoms with E-state index in [2.05, 4.69) is 21.2 Å². The Hall–Kier alpha value is -0.940. The molecule has 1 unspecified atom stereocenters. The van der Waals surface area contributed by atoms with Crippen LogP contribution in [0.5, 0.6) is 17.2 Å². The Bertz CT molecular complexity index is 332. The van der Waals surface area contributed by atoms with Crippen molar-refractivity contribution in [2.45, 2.75) is 4.95 Å². The molecule has 0 bridgehead atoms. The predicted octanol–water partition coefficient (Wildman–Crippen LogP) is 2.33. The molecule has 90 valence electrons. The maximum absolute atomic E-state index is 5.26. The first-order valence-corrected chi connectivity index (χ1v) is 5.70. The largest absolute Gasteiger partial charge is 0.493 e. The van der Waals surface area contributed by atoms with E-state index >= 15 is 0 Å². The lowest BCUT2D eigenvalue weighted by Crippen LogP contribution is -2.10. The molecule has 0 aliphatic heterocycles. The van der Waals surface area contributed by atoms with Crippen LogP contribution in [-0.2, 0) is 0 Å². The second kappa shape index (κ2) is 5.96. The van der Waals surface area contributed by atoms with Gasteiger partial charge in [-0.3, -0.25) is 0 Å². The van der Waals surface area contributed by atoms with E-state index in [0.717, 1.165) is 5.56 Å². The minimum absolute atomic E-state index is 0.0428. The molecule has 4 nitrogen and oxygen atoms in total. The first kappa shape index (κ1) is 13.1. The van der Waals surface area contributed by atoms with Crippen LogP contribution in [0.2, 0.25) is 0 Å². The van der Waals surface area contributed by atoms with Gasteiger partial charge < -0.3 is 19.5 Å². The van der Waals surface area contributed by atoms with E-state index in [-0.39, 0.29) is 4.95 Å². The molecule has 1 N–H and O–H groups in total. The van der Waals surface area contributed by atoms with Gasteiger partial charge in [-0.25, -0.2) is 0 Å². The zero-order valence-electron chi connectivity index (χ0n) is 9.83. The van der Waals surface area contributed by atoms with Crippen LogP contribution in [0.4, 0.5) is 0 Å². The minimum atomic E-state index is 0.0428. The van der Waals surface area contributed by atoms with Gasteiger partial charge in [-0.2, -0.15) is 0 Å². The summed E-state index contributed by atoms with van der Waals surface area (Å²) in [5, 5.41) is 3.09. The summed E-state index contributed by atoms with van der Waals surface area (Å²) in [7, 11) is 6.65. The Morgan fingerprint density at radius 1 is 1.06 bits per heavy atom. The Kier molecular flexibility index (Phi) is 4.89. The summed E-state index contributed by atoms with van der Waals surface area (Å²) >= 11 is 3.50. The summed E-state index contributed by atoms with van der Waals surface area (Å²) in [5.41, 5.74) is 1.01. The van der Waals surface area contributed by atoms with Gasteiger partial charge in [-0.05, 0) is 24.7 Å². The topological polar surface area (TPSA) is 39.7 Å². The van der Waals surface area contributed by atoms with Crippen molar-refractivity contribution in [2.24, 2.45) is 0 Å². The highest BCUT2D eigenvalue weighted by Crippen LogP contribution is 2.40. The van der Waals surface area contributed by atoms with Gasteiger partial charge in [0.2, 0.25) is 5.75 Å². The molecule has 0 radical (unpaired) electrons. The smallest absolute Gasteiger partial charge is 0.203 e. The predicted molar refractivity (Wildman–Crippen MR) is 66.8 cm³/mol. The molecule has 5 heteroatoms. The maximum atomic E-state index is 5.26. The number of alkyl halides is 1. The summed E-state index contributed by atoms with van der Waals surface area (Å²) in [4.78, 5) is 0.0428. The molecule has 1 atom stereocenters. The first-order chi connectivity index (χ1) is 7.67. The molecule has 1 aromatic rings. The van der Waals surface area contributed by atoms with E-state index < -0.39 is 0 Å². The van der Waals surface area contributed by atoms with Crippen LogP contribution in [-0.4, -0.2) is 28.4 Å². The van der Waals surface area contributed by atoms with Crippen molar-refractivity contribution in [3.8, 4) is 17.2 Å². The molecule has 1 aromatic carbocycles. The van der Waals surface area contributed by atoms with Crippen molar-refractivity contribution in [3.05, 3.63) is 17.7 Å². The summed E-state index contributed by atoms with van der Waals surface area (Å²) < 4.78 is 15.8. The standard InChI is InChI=1S/C11H16BrNO3/c1-13-11(12)7-5-8(14-2)10(16-4)9(6-7)15-3/h5-6,11,13H,1-4H3. The molecule has 16 heavy (non-hydrogen) atoms. The van der Waals surface area contributed by atoms with Crippen LogP contribution in [0.1, 0.15) is 10.5 Å². The fourth-order valence-electron chi connectivity index (χ4n) is 1.41. The van der Waals surface area contributed by atoms with Gasteiger partial charge in [0.15, 0.2) is 11.5 Å². The van der Waals surface area contributed by atoms with Crippen LogP contribution in [0.3, 0.4) is 0 Å². The Morgan fingerprint density at radius 2 is 1.56 bits per heavy atom. The van der Waals surface area contributed by atoms with Crippen LogP contribution in [0.15, 0.2) is 12.1 Å². The van der Waals surface area contributed by atoms with Crippen molar-refractivity contribution < 1.29 is 14.2 Å². The average Bonchev–Trinajstić information content (AvgIpc) is 2.35. The quantitative estimate of drug-likeness (QED) is 0.667. The molecule has 0 heterocycles. The molecule has 0 amide bonds. The number of hydrogen-bond acceptors (Lipinski definition) is 4. The molecule has 0 saturated heterocycles. The summed E-state index contributed by atoms with van der Waals surface area (Å²) in [5.74, 6) is 1.90. The molecular weight excluding hydrogens is 274 g/mol. The molecule has 0 aliphatic carbocycles. The van der Waals surface area contributed by atoms with E-state index in [1.54, 1.807) is 21.3 Å². The van der Waals surface area contributed by atoms with Gasteiger partial charge in [0.1, 0.15) is 0 Å². The summed E-state index contributed by atoms with van der Waals surface area (Å²) in [6.07, 6.45) is 0. The lowest BCUT2D eigenvalue weighted by atomic mass is 10.2. The molecule has 0 aromatic heterocycles.